The van der Waals surface area contributed by atoms with E-state index in [0.717, 1.165) is 19.3 Å². The van der Waals surface area contributed by atoms with Crippen LogP contribution in [0, 0.1) is 11.8 Å². The summed E-state index contributed by atoms with van der Waals surface area (Å²) in [4.78, 5) is 14.4. The van der Waals surface area contributed by atoms with Gasteiger partial charge in [0.1, 0.15) is 5.75 Å². The monoisotopic (exact) mass is 310 g/mol. The molecule has 1 amide bonds. The van der Waals surface area contributed by atoms with E-state index in [1.165, 1.54) is 12.1 Å². The highest BCUT2D eigenvalue weighted by molar-refractivity contribution is 5.94. The van der Waals surface area contributed by atoms with Crippen LogP contribution in [0.25, 0.3) is 0 Å². The van der Waals surface area contributed by atoms with Crippen LogP contribution in [-0.2, 0) is 0 Å². The number of hydrogen-bond acceptors (Lipinski definition) is 3. The first-order valence-corrected chi connectivity index (χ1v) is 7.64. The van der Waals surface area contributed by atoms with E-state index in [4.69, 9.17) is 5.73 Å². The second kappa shape index (κ2) is 6.20. The summed E-state index contributed by atoms with van der Waals surface area (Å²) in [6.45, 7) is -1.53. The first kappa shape index (κ1) is 15.2. The molecule has 0 spiro atoms. The Balaban J connectivity index is 1.72. The number of alkyl halides is 2. The van der Waals surface area contributed by atoms with Gasteiger partial charge < -0.3 is 15.4 Å². The summed E-state index contributed by atoms with van der Waals surface area (Å²) in [6.07, 6.45) is 3.24. The minimum atomic E-state index is -2.89. The van der Waals surface area contributed by atoms with Gasteiger partial charge in [0.25, 0.3) is 5.91 Å². The fourth-order valence-electron chi connectivity index (χ4n) is 3.67. The number of carbonyl (C=O) groups is 1. The van der Waals surface area contributed by atoms with Crippen molar-refractivity contribution in [1.29, 1.82) is 0 Å². The fraction of sp³-hybridized carbons (Fsp3) is 0.562. The summed E-state index contributed by atoms with van der Waals surface area (Å²) in [5.41, 5.74) is 6.54. The lowest BCUT2D eigenvalue weighted by molar-refractivity contribution is -0.0499. The Bertz CT molecular complexity index is 553. The summed E-state index contributed by atoms with van der Waals surface area (Å²) in [7, 11) is 0. The lowest BCUT2D eigenvalue weighted by atomic mass is 9.78. The van der Waals surface area contributed by atoms with Crippen molar-refractivity contribution in [3.8, 4) is 5.75 Å². The van der Waals surface area contributed by atoms with E-state index in [2.05, 4.69) is 4.74 Å². The smallest absolute Gasteiger partial charge is 0.387 e. The molecule has 1 heterocycles. The van der Waals surface area contributed by atoms with Gasteiger partial charge in [-0.25, -0.2) is 0 Å². The number of likely N-dealkylation sites (tertiary alicyclic amines) is 1. The summed E-state index contributed by atoms with van der Waals surface area (Å²) < 4.78 is 28.9. The van der Waals surface area contributed by atoms with Gasteiger partial charge in [-0.3, -0.25) is 4.79 Å². The third-order valence-corrected chi connectivity index (χ3v) is 4.75. The van der Waals surface area contributed by atoms with E-state index in [1.54, 1.807) is 17.0 Å². The SMILES string of the molecule is NC1CCCC2CN(C(=O)c3cccc(OC(F)F)c3)CC12. The van der Waals surface area contributed by atoms with E-state index in [0.29, 0.717) is 30.5 Å². The van der Waals surface area contributed by atoms with Crippen LogP contribution in [0.3, 0.4) is 0 Å². The topological polar surface area (TPSA) is 55.6 Å². The molecular formula is C16H20F2N2O2. The minimum absolute atomic E-state index is 0.00849. The summed E-state index contributed by atoms with van der Waals surface area (Å²) in [6, 6.07) is 6.13. The molecule has 1 saturated carbocycles. The molecule has 3 atom stereocenters. The maximum Gasteiger partial charge on any atom is 0.387 e. The van der Waals surface area contributed by atoms with Crippen molar-refractivity contribution in [2.45, 2.75) is 31.9 Å². The number of fused-ring (bicyclic) bond motifs is 1. The van der Waals surface area contributed by atoms with Gasteiger partial charge >= 0.3 is 6.61 Å². The number of carbonyl (C=O) groups excluding carboxylic acids is 1. The largest absolute Gasteiger partial charge is 0.435 e. The normalized spacial score (nSPS) is 27.8. The fourth-order valence-corrected chi connectivity index (χ4v) is 3.67. The van der Waals surface area contributed by atoms with Crippen molar-refractivity contribution >= 4 is 5.91 Å². The number of hydrogen-bond donors (Lipinski definition) is 1. The van der Waals surface area contributed by atoms with Crippen molar-refractivity contribution in [1.82, 2.24) is 4.90 Å². The molecule has 1 aromatic rings. The molecule has 22 heavy (non-hydrogen) atoms. The van der Waals surface area contributed by atoms with E-state index < -0.39 is 6.61 Å². The summed E-state index contributed by atoms with van der Waals surface area (Å²) >= 11 is 0. The molecule has 3 unspecified atom stereocenters. The van der Waals surface area contributed by atoms with Crippen molar-refractivity contribution in [2.24, 2.45) is 17.6 Å². The molecule has 1 aromatic carbocycles. The molecular weight excluding hydrogens is 290 g/mol. The molecule has 2 N–H and O–H groups in total. The van der Waals surface area contributed by atoms with Gasteiger partial charge in [0.15, 0.2) is 0 Å². The van der Waals surface area contributed by atoms with Gasteiger partial charge in [-0.05, 0) is 42.9 Å². The van der Waals surface area contributed by atoms with Gasteiger partial charge in [0, 0.05) is 24.7 Å². The van der Waals surface area contributed by atoms with E-state index in [-0.39, 0.29) is 17.7 Å². The average molecular weight is 310 g/mol. The maximum atomic E-state index is 12.6. The molecule has 1 aliphatic heterocycles. The van der Waals surface area contributed by atoms with Crippen LogP contribution in [-0.4, -0.2) is 36.5 Å². The summed E-state index contributed by atoms with van der Waals surface area (Å²) in [5.74, 6) is 0.696. The van der Waals surface area contributed by atoms with E-state index in [9.17, 15) is 13.6 Å². The van der Waals surface area contributed by atoms with Gasteiger partial charge in [-0.15, -0.1) is 0 Å². The molecule has 2 fully saturated rings. The van der Waals surface area contributed by atoms with Gasteiger partial charge in [-0.2, -0.15) is 8.78 Å². The van der Waals surface area contributed by atoms with Crippen molar-refractivity contribution < 1.29 is 18.3 Å². The Morgan fingerprint density at radius 2 is 2.14 bits per heavy atom. The lowest BCUT2D eigenvalue weighted by Gasteiger charge is -2.29. The third-order valence-electron chi connectivity index (χ3n) is 4.75. The van der Waals surface area contributed by atoms with Crippen LogP contribution in [0.1, 0.15) is 29.6 Å². The Kier molecular flexibility index (Phi) is 4.29. The number of ether oxygens (including phenoxy) is 1. The second-order valence-electron chi connectivity index (χ2n) is 6.14. The van der Waals surface area contributed by atoms with Crippen molar-refractivity contribution in [2.75, 3.05) is 13.1 Å². The van der Waals surface area contributed by atoms with E-state index >= 15 is 0 Å². The molecule has 0 radical (unpaired) electrons. The number of nitrogens with two attached hydrogens (primary N) is 1. The number of amides is 1. The molecule has 1 saturated heterocycles. The van der Waals surface area contributed by atoms with Crippen molar-refractivity contribution in [3.05, 3.63) is 29.8 Å². The molecule has 3 rings (SSSR count). The van der Waals surface area contributed by atoms with Crippen LogP contribution in [0.15, 0.2) is 24.3 Å². The quantitative estimate of drug-likeness (QED) is 0.933. The number of nitrogens with zero attached hydrogens (tertiary/aromatic N) is 1. The molecule has 120 valence electrons. The second-order valence-corrected chi connectivity index (χ2v) is 6.14. The van der Waals surface area contributed by atoms with Crippen LogP contribution in [0.5, 0.6) is 5.75 Å². The van der Waals surface area contributed by atoms with Crippen LogP contribution in [0.2, 0.25) is 0 Å². The zero-order valence-electron chi connectivity index (χ0n) is 12.3. The highest BCUT2D eigenvalue weighted by Crippen LogP contribution is 2.36. The van der Waals surface area contributed by atoms with Gasteiger partial charge in [0.2, 0.25) is 0 Å². The standard InChI is InChI=1S/C16H20F2N2O2/c17-16(18)22-12-5-1-3-10(7-12)15(21)20-8-11-4-2-6-14(19)13(11)9-20/h1,3,5,7,11,13-14,16H,2,4,6,8-9,19H2. The predicted octanol–water partition coefficient (Wildman–Crippen LogP) is 2.49. The predicted molar refractivity (Wildman–Crippen MR) is 77.8 cm³/mol. The molecule has 2 aliphatic rings. The number of rotatable bonds is 3. The molecule has 6 heteroatoms. The van der Waals surface area contributed by atoms with Crippen LogP contribution >= 0.6 is 0 Å². The zero-order chi connectivity index (χ0) is 15.7. The summed E-state index contributed by atoms with van der Waals surface area (Å²) in [5, 5.41) is 0. The Hall–Kier alpha value is -1.69. The molecule has 1 aliphatic carbocycles. The molecule has 0 aromatic heterocycles. The molecule has 4 nitrogen and oxygen atoms in total. The Labute approximate surface area is 128 Å². The lowest BCUT2D eigenvalue weighted by Crippen LogP contribution is -2.38. The third kappa shape index (κ3) is 3.06. The van der Waals surface area contributed by atoms with Crippen LogP contribution in [0.4, 0.5) is 8.78 Å². The Morgan fingerprint density at radius 3 is 2.86 bits per heavy atom. The Morgan fingerprint density at radius 1 is 1.32 bits per heavy atom. The highest BCUT2D eigenvalue weighted by Gasteiger charge is 2.40. The van der Waals surface area contributed by atoms with Crippen molar-refractivity contribution in [3.63, 3.8) is 0 Å². The van der Waals surface area contributed by atoms with Gasteiger partial charge in [-0.1, -0.05) is 12.5 Å². The first-order valence-electron chi connectivity index (χ1n) is 7.64. The minimum Gasteiger partial charge on any atom is -0.435 e. The van der Waals surface area contributed by atoms with E-state index in [1.807, 2.05) is 0 Å². The van der Waals surface area contributed by atoms with Gasteiger partial charge in [0.05, 0.1) is 0 Å². The van der Waals surface area contributed by atoms with Crippen LogP contribution < -0.4 is 10.5 Å². The molecule has 0 bridgehead atoms. The number of halogens is 2. The highest BCUT2D eigenvalue weighted by atomic mass is 19.3. The first-order chi connectivity index (χ1) is 10.5. The zero-order valence-corrected chi connectivity index (χ0v) is 12.3. The average Bonchev–Trinajstić information content (AvgIpc) is 2.91. The number of benzene rings is 1. The maximum absolute atomic E-state index is 12.6.